The molecule has 0 radical (unpaired) electrons. The van der Waals surface area contributed by atoms with Gasteiger partial charge in [0.05, 0.1) is 25.5 Å². The van der Waals surface area contributed by atoms with E-state index in [2.05, 4.69) is 27.5 Å². The lowest BCUT2D eigenvalue weighted by Crippen LogP contribution is -2.33. The number of aromatic nitrogens is 3. The van der Waals surface area contributed by atoms with E-state index >= 15 is 0 Å². The number of methoxy groups -OCH3 is 2. The largest absolute Gasteiger partial charge is 0.383 e. The molecule has 0 fully saturated rings. The summed E-state index contributed by atoms with van der Waals surface area (Å²) in [6.45, 7) is 8.95. The van der Waals surface area contributed by atoms with Crippen LogP contribution in [0.15, 0.2) is 6.20 Å². The van der Waals surface area contributed by atoms with Crippen molar-refractivity contribution in [1.82, 2.24) is 25.2 Å². The SMILES string of the molecule is CCCNCc1cn(CCN(CCOC)CCOC)nn1. The Bertz CT molecular complexity index is 351. The molecule has 0 aromatic carbocycles. The van der Waals surface area contributed by atoms with E-state index in [4.69, 9.17) is 9.47 Å². The molecular weight excluding hydrogens is 270 g/mol. The molecule has 0 aliphatic heterocycles. The average Bonchev–Trinajstić information content (AvgIpc) is 2.95. The Hall–Kier alpha value is -1.02. The summed E-state index contributed by atoms with van der Waals surface area (Å²) in [7, 11) is 3.45. The molecule has 0 saturated heterocycles. The quantitative estimate of drug-likeness (QED) is 0.531. The predicted octanol–water partition coefficient (Wildman–Crippen LogP) is 0.373. The van der Waals surface area contributed by atoms with Crippen LogP contribution in [-0.2, 0) is 22.6 Å². The monoisotopic (exact) mass is 299 g/mol. The van der Waals surface area contributed by atoms with Gasteiger partial charge in [-0.2, -0.15) is 0 Å². The molecule has 1 heterocycles. The van der Waals surface area contributed by atoms with E-state index in [1.54, 1.807) is 14.2 Å². The van der Waals surface area contributed by atoms with Gasteiger partial charge in [0.15, 0.2) is 0 Å². The zero-order valence-electron chi connectivity index (χ0n) is 13.5. The molecule has 0 atom stereocenters. The van der Waals surface area contributed by atoms with Gasteiger partial charge >= 0.3 is 0 Å². The second-order valence-corrected chi connectivity index (χ2v) is 4.98. The van der Waals surface area contributed by atoms with Gasteiger partial charge in [0.1, 0.15) is 0 Å². The lowest BCUT2D eigenvalue weighted by molar-refractivity contribution is 0.111. The second kappa shape index (κ2) is 11.6. The van der Waals surface area contributed by atoms with Crippen LogP contribution in [0.3, 0.4) is 0 Å². The summed E-state index contributed by atoms with van der Waals surface area (Å²) in [6.07, 6.45) is 3.13. The number of rotatable bonds is 13. The molecule has 21 heavy (non-hydrogen) atoms. The van der Waals surface area contributed by atoms with E-state index in [0.29, 0.717) is 0 Å². The van der Waals surface area contributed by atoms with E-state index in [9.17, 15) is 0 Å². The molecule has 0 unspecified atom stereocenters. The average molecular weight is 299 g/mol. The number of nitrogens with one attached hydrogen (secondary N) is 1. The van der Waals surface area contributed by atoms with E-state index in [0.717, 1.165) is 64.6 Å². The van der Waals surface area contributed by atoms with Gasteiger partial charge < -0.3 is 14.8 Å². The molecule has 1 N–H and O–H groups in total. The third kappa shape index (κ3) is 8.11. The van der Waals surface area contributed by atoms with Crippen molar-refractivity contribution < 1.29 is 9.47 Å². The van der Waals surface area contributed by atoms with E-state index in [1.807, 2.05) is 10.9 Å². The minimum atomic E-state index is 0.729. The Morgan fingerprint density at radius 1 is 1.19 bits per heavy atom. The molecule has 122 valence electrons. The van der Waals surface area contributed by atoms with Gasteiger partial charge in [-0.15, -0.1) is 5.10 Å². The zero-order chi connectivity index (χ0) is 15.3. The van der Waals surface area contributed by atoms with Crippen molar-refractivity contribution in [3.05, 3.63) is 11.9 Å². The van der Waals surface area contributed by atoms with E-state index < -0.39 is 0 Å². The van der Waals surface area contributed by atoms with Crippen molar-refractivity contribution in [3.8, 4) is 0 Å². The highest BCUT2D eigenvalue weighted by molar-refractivity contribution is 4.91. The molecule has 1 aromatic heterocycles. The van der Waals surface area contributed by atoms with Gasteiger partial charge in [-0.25, -0.2) is 0 Å². The van der Waals surface area contributed by atoms with E-state index in [1.165, 1.54) is 0 Å². The molecule has 1 rings (SSSR count). The van der Waals surface area contributed by atoms with Gasteiger partial charge in [0.2, 0.25) is 0 Å². The third-order valence-electron chi connectivity index (χ3n) is 3.19. The van der Waals surface area contributed by atoms with Crippen LogP contribution in [0.5, 0.6) is 0 Å². The molecule has 0 spiro atoms. The van der Waals surface area contributed by atoms with Gasteiger partial charge in [0, 0.05) is 46.6 Å². The summed E-state index contributed by atoms with van der Waals surface area (Å²) in [4.78, 5) is 2.31. The summed E-state index contributed by atoms with van der Waals surface area (Å²) in [5.41, 5.74) is 0.990. The normalized spacial score (nSPS) is 11.4. The maximum Gasteiger partial charge on any atom is 0.0964 e. The fraction of sp³-hybridized carbons (Fsp3) is 0.857. The van der Waals surface area contributed by atoms with Crippen LogP contribution < -0.4 is 5.32 Å². The Labute approximate surface area is 127 Å². The van der Waals surface area contributed by atoms with E-state index in [-0.39, 0.29) is 0 Å². The molecule has 7 heteroatoms. The summed E-state index contributed by atoms with van der Waals surface area (Å²) in [5, 5.41) is 11.7. The van der Waals surface area contributed by atoms with Crippen molar-refractivity contribution in [1.29, 1.82) is 0 Å². The molecule has 7 nitrogen and oxygen atoms in total. The number of nitrogens with zero attached hydrogens (tertiary/aromatic N) is 4. The molecule has 0 aliphatic carbocycles. The first-order chi connectivity index (χ1) is 10.3. The molecule has 0 aliphatic rings. The van der Waals surface area contributed by atoms with Crippen LogP contribution in [-0.4, -0.2) is 73.5 Å². The molecule has 0 amide bonds. The molecular formula is C14H29N5O2. The van der Waals surface area contributed by atoms with Crippen LogP contribution in [0.4, 0.5) is 0 Å². The minimum absolute atomic E-state index is 0.729. The van der Waals surface area contributed by atoms with Crippen molar-refractivity contribution >= 4 is 0 Å². The predicted molar refractivity (Wildman–Crippen MR) is 82.2 cm³/mol. The fourth-order valence-electron chi connectivity index (χ4n) is 1.94. The highest BCUT2D eigenvalue weighted by Crippen LogP contribution is 1.96. The van der Waals surface area contributed by atoms with Gasteiger partial charge in [0.25, 0.3) is 0 Å². The fourth-order valence-corrected chi connectivity index (χ4v) is 1.94. The van der Waals surface area contributed by atoms with Crippen LogP contribution in [0.25, 0.3) is 0 Å². The van der Waals surface area contributed by atoms with Crippen LogP contribution in [0.2, 0.25) is 0 Å². The first-order valence-corrected chi connectivity index (χ1v) is 7.60. The maximum atomic E-state index is 5.14. The van der Waals surface area contributed by atoms with Gasteiger partial charge in [-0.05, 0) is 13.0 Å². The number of ether oxygens (including phenoxy) is 2. The summed E-state index contributed by atoms with van der Waals surface area (Å²) < 4.78 is 12.2. The highest BCUT2D eigenvalue weighted by Gasteiger charge is 2.06. The smallest absolute Gasteiger partial charge is 0.0964 e. The van der Waals surface area contributed by atoms with Crippen molar-refractivity contribution in [2.75, 3.05) is 53.6 Å². The standard InChI is InChI=1S/C14H29N5O2/c1-4-5-15-12-14-13-19(17-16-14)7-6-18(8-10-20-2)9-11-21-3/h13,15H,4-12H2,1-3H3. The highest BCUT2D eigenvalue weighted by atomic mass is 16.5. The van der Waals surface area contributed by atoms with Crippen molar-refractivity contribution in [2.24, 2.45) is 0 Å². The van der Waals surface area contributed by atoms with Gasteiger partial charge in [-0.1, -0.05) is 12.1 Å². The third-order valence-corrected chi connectivity index (χ3v) is 3.19. The van der Waals surface area contributed by atoms with Crippen molar-refractivity contribution in [3.63, 3.8) is 0 Å². The lowest BCUT2D eigenvalue weighted by atomic mass is 10.4. The molecule has 1 aromatic rings. The molecule has 0 bridgehead atoms. The second-order valence-electron chi connectivity index (χ2n) is 4.98. The van der Waals surface area contributed by atoms with Crippen molar-refractivity contribution in [2.45, 2.75) is 26.4 Å². The van der Waals surface area contributed by atoms with Crippen LogP contribution >= 0.6 is 0 Å². The number of hydrogen-bond acceptors (Lipinski definition) is 6. The summed E-state index contributed by atoms with van der Waals surface area (Å²) in [5.74, 6) is 0. The maximum absolute atomic E-state index is 5.14. The minimum Gasteiger partial charge on any atom is -0.383 e. The summed E-state index contributed by atoms with van der Waals surface area (Å²) >= 11 is 0. The zero-order valence-corrected chi connectivity index (χ0v) is 13.5. The topological polar surface area (TPSA) is 64.4 Å². The number of hydrogen-bond donors (Lipinski definition) is 1. The lowest BCUT2D eigenvalue weighted by Gasteiger charge is -2.21. The van der Waals surface area contributed by atoms with Crippen LogP contribution in [0, 0.1) is 0 Å². The van der Waals surface area contributed by atoms with Crippen LogP contribution in [0.1, 0.15) is 19.0 Å². The first-order valence-electron chi connectivity index (χ1n) is 7.60. The Morgan fingerprint density at radius 2 is 1.90 bits per heavy atom. The Kier molecular flexibility index (Phi) is 9.98. The summed E-state index contributed by atoms with van der Waals surface area (Å²) in [6, 6.07) is 0. The van der Waals surface area contributed by atoms with Gasteiger partial charge in [-0.3, -0.25) is 9.58 Å². The first kappa shape index (κ1) is 18.0. The molecule has 0 saturated carbocycles. The Balaban J connectivity index is 2.32. The Morgan fingerprint density at radius 3 is 2.52 bits per heavy atom.